The van der Waals surface area contributed by atoms with Gasteiger partial charge in [-0.15, -0.1) is 11.3 Å². The Kier molecular flexibility index (Phi) is 4.26. The van der Waals surface area contributed by atoms with Gasteiger partial charge in [-0.2, -0.15) is 10.2 Å². The van der Waals surface area contributed by atoms with Gasteiger partial charge in [0.2, 0.25) is 0 Å². The summed E-state index contributed by atoms with van der Waals surface area (Å²) in [5.41, 5.74) is 2.32. The summed E-state index contributed by atoms with van der Waals surface area (Å²) in [4.78, 5) is 1.28. The van der Waals surface area contributed by atoms with E-state index in [9.17, 15) is 0 Å². The van der Waals surface area contributed by atoms with Gasteiger partial charge in [-0.3, -0.25) is 0 Å². The van der Waals surface area contributed by atoms with Crippen LogP contribution in [0, 0.1) is 6.92 Å². The fourth-order valence-corrected chi connectivity index (χ4v) is 1.86. The van der Waals surface area contributed by atoms with Gasteiger partial charge >= 0.3 is 0 Å². The molecule has 0 saturated heterocycles. The Morgan fingerprint density at radius 3 is 3.00 bits per heavy atom. The van der Waals surface area contributed by atoms with Crippen molar-refractivity contribution in [3.05, 3.63) is 46.4 Å². The van der Waals surface area contributed by atoms with Crippen LogP contribution in [0.2, 0.25) is 0 Å². The molecule has 0 unspecified atom stereocenters. The van der Waals surface area contributed by atoms with E-state index in [0.717, 1.165) is 17.6 Å². The smallest absolute Gasteiger partial charge is 0.0535 e. The molecule has 3 heteroatoms. The number of aromatic nitrogens is 2. The van der Waals surface area contributed by atoms with Crippen LogP contribution in [0.15, 0.2) is 36.0 Å². The average molecular weight is 206 g/mol. The van der Waals surface area contributed by atoms with E-state index < -0.39 is 0 Å². The Morgan fingerprint density at radius 2 is 2.29 bits per heavy atom. The van der Waals surface area contributed by atoms with Crippen LogP contribution in [0.5, 0.6) is 0 Å². The molecule has 0 saturated carbocycles. The molecule has 0 aliphatic carbocycles. The summed E-state index contributed by atoms with van der Waals surface area (Å²) < 4.78 is 0. The lowest BCUT2D eigenvalue weighted by molar-refractivity contribution is 1.03. The molecule has 2 nitrogen and oxygen atoms in total. The van der Waals surface area contributed by atoms with Crippen molar-refractivity contribution >= 4 is 11.3 Å². The van der Waals surface area contributed by atoms with E-state index in [1.54, 1.807) is 23.7 Å². The van der Waals surface area contributed by atoms with Crippen LogP contribution in [0.3, 0.4) is 0 Å². The zero-order chi connectivity index (χ0) is 10.4. The number of allylic oxidation sites excluding steroid dienone is 1. The summed E-state index contributed by atoms with van der Waals surface area (Å²) in [6.45, 7) is 7.99. The normalized spacial score (nSPS) is 9.29. The molecule has 0 N–H and O–H groups in total. The van der Waals surface area contributed by atoms with E-state index in [2.05, 4.69) is 16.8 Å². The van der Waals surface area contributed by atoms with Gasteiger partial charge in [0.25, 0.3) is 0 Å². The summed E-state index contributed by atoms with van der Waals surface area (Å²) in [6.07, 6.45) is 4.38. The molecule has 0 spiro atoms. The van der Waals surface area contributed by atoms with Crippen LogP contribution in [-0.2, 0) is 6.42 Å². The molecule has 1 heterocycles. The molecule has 0 aliphatic heterocycles. The monoisotopic (exact) mass is 206 g/mol. The first-order valence-electron chi connectivity index (χ1n) is 4.42. The van der Waals surface area contributed by atoms with Crippen LogP contribution >= 0.6 is 11.3 Å². The maximum atomic E-state index is 3.92. The molecule has 0 radical (unpaired) electrons. The molecular weight excluding hydrogens is 192 g/mol. The minimum atomic E-state index is 0.910. The van der Waals surface area contributed by atoms with E-state index in [4.69, 9.17) is 0 Å². The molecule has 14 heavy (non-hydrogen) atoms. The van der Waals surface area contributed by atoms with Gasteiger partial charge in [0.15, 0.2) is 0 Å². The first-order chi connectivity index (χ1) is 6.70. The third-order valence-corrected chi connectivity index (χ3v) is 2.71. The van der Waals surface area contributed by atoms with Crippen molar-refractivity contribution < 1.29 is 0 Å². The van der Waals surface area contributed by atoms with E-state index in [1.807, 2.05) is 25.3 Å². The van der Waals surface area contributed by atoms with Crippen LogP contribution in [-0.4, -0.2) is 10.2 Å². The third kappa shape index (κ3) is 3.66. The zero-order valence-corrected chi connectivity index (χ0v) is 9.34. The number of hydrogen-bond acceptors (Lipinski definition) is 3. The fourth-order valence-electron chi connectivity index (χ4n) is 0.974. The highest BCUT2D eigenvalue weighted by molar-refractivity contribution is 7.09. The Morgan fingerprint density at radius 1 is 1.50 bits per heavy atom. The standard InChI is InChI=1S/C11H14N2S/c1-9(2)7-11-10(3)8-13-12-5-4-6-14-11/h4-6,8H,1,7H2,2-3H3. The second-order valence-corrected chi connectivity index (χ2v) is 4.20. The molecule has 0 amide bonds. The van der Waals surface area contributed by atoms with Gasteiger partial charge < -0.3 is 0 Å². The highest BCUT2D eigenvalue weighted by Crippen LogP contribution is 2.13. The van der Waals surface area contributed by atoms with Crippen LogP contribution in [0.1, 0.15) is 17.4 Å². The Hall–Kier alpha value is -1.22. The third-order valence-electron chi connectivity index (χ3n) is 1.66. The minimum absolute atomic E-state index is 0.910. The largest absolute Gasteiger partial charge is 0.159 e. The highest BCUT2D eigenvalue weighted by Gasteiger charge is 1.95. The molecule has 1 rings (SSSR count). The first-order valence-corrected chi connectivity index (χ1v) is 5.30. The van der Waals surface area contributed by atoms with Gasteiger partial charge in [-0.1, -0.05) is 12.2 Å². The van der Waals surface area contributed by atoms with Gasteiger partial charge in [0, 0.05) is 11.3 Å². The quantitative estimate of drug-likeness (QED) is 0.695. The van der Waals surface area contributed by atoms with Crippen LogP contribution in [0.4, 0.5) is 0 Å². The van der Waals surface area contributed by atoms with Crippen LogP contribution < -0.4 is 0 Å². The number of nitrogens with zero attached hydrogens (tertiary/aromatic N) is 2. The zero-order valence-electron chi connectivity index (χ0n) is 8.53. The highest BCUT2D eigenvalue weighted by atomic mass is 32.1. The molecule has 0 fully saturated rings. The lowest BCUT2D eigenvalue weighted by Gasteiger charge is -1.99. The summed E-state index contributed by atoms with van der Waals surface area (Å²) in [6, 6.07) is 1.89. The second-order valence-electron chi connectivity index (χ2n) is 3.20. The lowest BCUT2D eigenvalue weighted by atomic mass is 10.2. The summed E-state index contributed by atoms with van der Waals surface area (Å²) in [7, 11) is 0. The predicted molar refractivity (Wildman–Crippen MR) is 60.8 cm³/mol. The molecule has 0 aliphatic rings. The maximum absolute atomic E-state index is 3.92. The predicted octanol–water partition coefficient (Wildman–Crippen LogP) is 3.09. The average Bonchev–Trinajstić information content (AvgIpc) is 2.20. The SMILES string of the molecule is C=C(C)Cc1scccnncc1C. The van der Waals surface area contributed by atoms with Crippen LogP contribution in [0.25, 0.3) is 0 Å². The molecular formula is C11H14N2S. The van der Waals surface area contributed by atoms with Crippen molar-refractivity contribution in [2.75, 3.05) is 0 Å². The van der Waals surface area contributed by atoms with E-state index in [-0.39, 0.29) is 0 Å². The molecule has 0 atom stereocenters. The van der Waals surface area contributed by atoms with Crippen molar-refractivity contribution in [2.24, 2.45) is 0 Å². The van der Waals surface area contributed by atoms with Crippen molar-refractivity contribution in [2.45, 2.75) is 20.3 Å². The fraction of sp³-hybridized carbons (Fsp3) is 0.273. The van der Waals surface area contributed by atoms with Gasteiger partial charge in [-0.05, 0) is 30.9 Å². The Bertz CT molecular complexity index is 367. The lowest BCUT2D eigenvalue weighted by Crippen LogP contribution is -1.85. The minimum Gasteiger partial charge on any atom is -0.159 e. The Balaban J connectivity index is 3.16. The van der Waals surface area contributed by atoms with E-state index >= 15 is 0 Å². The summed E-state index contributed by atoms with van der Waals surface area (Å²) >= 11 is 1.70. The Labute approximate surface area is 88.7 Å². The molecule has 74 valence electrons. The number of hydrogen-bond donors (Lipinski definition) is 0. The van der Waals surface area contributed by atoms with Crippen molar-refractivity contribution in [1.82, 2.24) is 10.2 Å². The molecule has 0 aromatic carbocycles. The van der Waals surface area contributed by atoms with Gasteiger partial charge in [0.1, 0.15) is 0 Å². The van der Waals surface area contributed by atoms with E-state index in [0.29, 0.717) is 0 Å². The topological polar surface area (TPSA) is 25.8 Å². The van der Waals surface area contributed by atoms with Crippen molar-refractivity contribution in [1.29, 1.82) is 0 Å². The maximum Gasteiger partial charge on any atom is 0.0535 e. The second kappa shape index (κ2) is 5.50. The molecule has 1 aromatic heterocycles. The van der Waals surface area contributed by atoms with Crippen molar-refractivity contribution in [3.8, 4) is 0 Å². The summed E-state index contributed by atoms with van der Waals surface area (Å²) in [5, 5.41) is 9.78. The van der Waals surface area contributed by atoms with E-state index in [1.165, 1.54) is 4.88 Å². The van der Waals surface area contributed by atoms with Crippen molar-refractivity contribution in [3.63, 3.8) is 0 Å². The summed E-state index contributed by atoms with van der Waals surface area (Å²) in [5.74, 6) is 0. The number of aryl methyl sites for hydroxylation is 1. The first kappa shape index (κ1) is 10.9. The van der Waals surface area contributed by atoms with Gasteiger partial charge in [-0.25, -0.2) is 0 Å². The number of rotatable bonds is 2. The molecule has 1 aromatic rings. The molecule has 0 bridgehead atoms. The van der Waals surface area contributed by atoms with Gasteiger partial charge in [0.05, 0.1) is 12.4 Å².